The van der Waals surface area contributed by atoms with Gasteiger partial charge in [-0.1, -0.05) is 37.7 Å². The van der Waals surface area contributed by atoms with Gasteiger partial charge < -0.3 is 4.74 Å². The summed E-state index contributed by atoms with van der Waals surface area (Å²) in [5.41, 5.74) is 0.830. The van der Waals surface area contributed by atoms with Crippen LogP contribution >= 0.6 is 11.8 Å². The fourth-order valence-corrected chi connectivity index (χ4v) is 3.64. The number of nitrogens with zero attached hydrogens (tertiary/aromatic N) is 1. The first-order valence-corrected chi connectivity index (χ1v) is 7.72. The molecule has 1 heterocycles. The van der Waals surface area contributed by atoms with Crippen LogP contribution in [0.3, 0.4) is 0 Å². The Morgan fingerprint density at radius 2 is 2.05 bits per heavy atom. The topological polar surface area (TPSA) is 46.6 Å². The summed E-state index contributed by atoms with van der Waals surface area (Å²) in [6.45, 7) is 5.83. The summed E-state index contributed by atoms with van der Waals surface area (Å²) in [6.07, 6.45) is 0.0938. The van der Waals surface area contributed by atoms with Crippen molar-refractivity contribution in [2.45, 2.75) is 37.5 Å². The summed E-state index contributed by atoms with van der Waals surface area (Å²) in [7, 11) is 0. The van der Waals surface area contributed by atoms with Crippen LogP contribution in [0.4, 0.5) is 10.5 Å². The maximum Gasteiger partial charge on any atom is 0.415 e. The van der Waals surface area contributed by atoms with Crippen LogP contribution in [0.2, 0.25) is 0 Å². The fraction of sp³-hybridized carbons (Fsp3) is 0.467. The number of amides is 1. The van der Waals surface area contributed by atoms with Crippen LogP contribution in [0.15, 0.2) is 29.2 Å². The van der Waals surface area contributed by atoms with E-state index in [0.29, 0.717) is 13.0 Å². The molecular weight excluding hydrogens is 274 g/mol. The summed E-state index contributed by atoms with van der Waals surface area (Å²) in [5, 5.41) is -0.223. The number of carbonyl (C=O) groups excluding carboxylic acids is 2. The lowest BCUT2D eigenvalue weighted by atomic mass is 10.0. The molecule has 0 saturated heterocycles. The predicted molar refractivity (Wildman–Crippen MR) is 80.1 cm³/mol. The van der Waals surface area contributed by atoms with Crippen molar-refractivity contribution in [3.8, 4) is 0 Å². The third-order valence-electron chi connectivity index (χ3n) is 3.38. The lowest BCUT2D eigenvalue weighted by Gasteiger charge is -2.27. The average molecular weight is 293 g/mol. The van der Waals surface area contributed by atoms with E-state index in [1.54, 1.807) is 23.6 Å². The first-order valence-electron chi connectivity index (χ1n) is 6.84. The molecule has 0 spiro atoms. The molecule has 5 heteroatoms. The number of fused-ring (bicyclic) bond motifs is 1. The first kappa shape index (κ1) is 14.9. The molecule has 0 saturated carbocycles. The zero-order valence-electron chi connectivity index (χ0n) is 12.0. The Kier molecular flexibility index (Phi) is 4.70. The maximum atomic E-state index is 12.2. The van der Waals surface area contributed by atoms with Crippen molar-refractivity contribution >= 4 is 29.3 Å². The van der Waals surface area contributed by atoms with Crippen LogP contribution in [0.1, 0.15) is 27.2 Å². The number of anilines is 1. The standard InChI is InChI=1S/C15H19NO3S/c1-4-12(17)10(3)14-16(15(18)19-5-2)11-8-6-7-9-13(11)20-14/h6-10,14H,4-5H2,1-3H3. The number of Topliss-reactive ketones (excluding diaryl/α,β-unsaturated/α-hetero) is 1. The van der Waals surface area contributed by atoms with E-state index in [2.05, 4.69) is 0 Å². The van der Waals surface area contributed by atoms with Gasteiger partial charge in [-0.2, -0.15) is 0 Å². The maximum absolute atomic E-state index is 12.2. The lowest BCUT2D eigenvalue weighted by molar-refractivity contribution is -0.122. The van der Waals surface area contributed by atoms with E-state index in [-0.39, 0.29) is 23.2 Å². The Morgan fingerprint density at radius 3 is 2.70 bits per heavy atom. The van der Waals surface area contributed by atoms with Gasteiger partial charge in [0.25, 0.3) is 0 Å². The molecule has 108 valence electrons. The quantitative estimate of drug-likeness (QED) is 0.849. The van der Waals surface area contributed by atoms with Gasteiger partial charge >= 0.3 is 6.09 Å². The molecule has 1 amide bonds. The fourth-order valence-electron chi connectivity index (χ4n) is 2.28. The molecule has 1 aliphatic heterocycles. The minimum Gasteiger partial charge on any atom is -0.449 e. The Hall–Kier alpha value is -1.49. The summed E-state index contributed by atoms with van der Waals surface area (Å²) >= 11 is 1.55. The third-order valence-corrected chi connectivity index (χ3v) is 4.84. The SMILES string of the molecule is CCOC(=O)N1c2ccccc2SC1C(C)C(=O)CC. The molecule has 0 aromatic heterocycles. The Balaban J connectivity index is 2.33. The van der Waals surface area contributed by atoms with E-state index in [1.807, 2.05) is 38.1 Å². The van der Waals surface area contributed by atoms with Crippen LogP contribution in [-0.4, -0.2) is 23.9 Å². The predicted octanol–water partition coefficient (Wildman–Crippen LogP) is 3.70. The number of para-hydroxylation sites is 1. The molecule has 4 nitrogen and oxygen atoms in total. The van der Waals surface area contributed by atoms with Crippen molar-refractivity contribution in [2.24, 2.45) is 5.92 Å². The van der Waals surface area contributed by atoms with E-state index in [1.165, 1.54) is 0 Å². The van der Waals surface area contributed by atoms with Gasteiger partial charge in [0, 0.05) is 17.2 Å². The zero-order valence-corrected chi connectivity index (χ0v) is 12.8. The van der Waals surface area contributed by atoms with Gasteiger partial charge in [-0.05, 0) is 19.1 Å². The minimum atomic E-state index is -0.384. The monoisotopic (exact) mass is 293 g/mol. The minimum absolute atomic E-state index is 0.157. The van der Waals surface area contributed by atoms with Gasteiger partial charge in [-0.3, -0.25) is 9.69 Å². The summed E-state index contributed by atoms with van der Waals surface area (Å²) < 4.78 is 5.14. The van der Waals surface area contributed by atoms with Crippen molar-refractivity contribution < 1.29 is 14.3 Å². The van der Waals surface area contributed by atoms with Crippen LogP contribution in [0.5, 0.6) is 0 Å². The number of rotatable bonds is 4. The van der Waals surface area contributed by atoms with E-state index in [4.69, 9.17) is 4.74 Å². The Bertz CT molecular complexity index is 518. The Morgan fingerprint density at radius 1 is 1.35 bits per heavy atom. The molecule has 1 aromatic carbocycles. The number of carbonyl (C=O) groups is 2. The van der Waals surface area contributed by atoms with Gasteiger partial charge in [0.2, 0.25) is 0 Å². The number of ether oxygens (including phenoxy) is 1. The highest BCUT2D eigenvalue weighted by Crippen LogP contribution is 2.46. The van der Waals surface area contributed by atoms with Gasteiger partial charge in [-0.15, -0.1) is 0 Å². The number of ketones is 1. The van der Waals surface area contributed by atoms with Crippen molar-refractivity contribution in [2.75, 3.05) is 11.5 Å². The van der Waals surface area contributed by atoms with Crippen LogP contribution in [0.25, 0.3) is 0 Å². The highest BCUT2D eigenvalue weighted by atomic mass is 32.2. The second kappa shape index (κ2) is 6.31. The molecule has 2 rings (SSSR count). The molecule has 0 N–H and O–H groups in total. The summed E-state index contributed by atoms with van der Waals surface area (Å²) in [5.74, 6) is -0.0635. The molecule has 2 unspecified atom stereocenters. The van der Waals surface area contributed by atoms with Crippen LogP contribution in [0, 0.1) is 5.92 Å². The number of hydrogen-bond donors (Lipinski definition) is 0. The average Bonchev–Trinajstić information content (AvgIpc) is 2.85. The van der Waals surface area contributed by atoms with E-state index in [9.17, 15) is 9.59 Å². The third kappa shape index (κ3) is 2.68. The second-order valence-corrected chi connectivity index (χ2v) is 5.81. The summed E-state index contributed by atoms with van der Waals surface area (Å²) in [4.78, 5) is 26.8. The molecule has 0 radical (unpaired) electrons. The van der Waals surface area contributed by atoms with Gasteiger partial charge in [0.05, 0.1) is 12.3 Å². The Labute approximate surface area is 123 Å². The van der Waals surface area contributed by atoms with Crippen LogP contribution in [-0.2, 0) is 9.53 Å². The van der Waals surface area contributed by atoms with E-state index in [0.717, 1.165) is 10.6 Å². The first-order chi connectivity index (χ1) is 9.60. The number of thioether (sulfide) groups is 1. The lowest BCUT2D eigenvalue weighted by Crippen LogP contribution is -2.42. The smallest absolute Gasteiger partial charge is 0.415 e. The second-order valence-electron chi connectivity index (χ2n) is 4.65. The zero-order chi connectivity index (χ0) is 14.7. The summed E-state index contributed by atoms with van der Waals surface area (Å²) in [6, 6.07) is 7.68. The molecule has 2 atom stereocenters. The molecule has 0 aliphatic carbocycles. The van der Waals surface area contributed by atoms with E-state index < -0.39 is 0 Å². The van der Waals surface area contributed by atoms with E-state index >= 15 is 0 Å². The van der Waals surface area contributed by atoms with Gasteiger partial charge in [-0.25, -0.2) is 4.79 Å². The van der Waals surface area contributed by atoms with Crippen LogP contribution < -0.4 is 4.90 Å². The van der Waals surface area contributed by atoms with Crippen molar-refractivity contribution in [3.63, 3.8) is 0 Å². The normalized spacial score (nSPS) is 18.6. The van der Waals surface area contributed by atoms with Crippen molar-refractivity contribution in [1.29, 1.82) is 0 Å². The molecule has 20 heavy (non-hydrogen) atoms. The number of hydrogen-bond acceptors (Lipinski definition) is 4. The number of benzene rings is 1. The highest BCUT2D eigenvalue weighted by molar-refractivity contribution is 8.00. The molecule has 0 fully saturated rings. The molecule has 0 bridgehead atoms. The largest absolute Gasteiger partial charge is 0.449 e. The van der Waals surface area contributed by atoms with Gasteiger partial charge in [0.15, 0.2) is 0 Å². The van der Waals surface area contributed by atoms with Crippen molar-refractivity contribution in [3.05, 3.63) is 24.3 Å². The molecular formula is C15H19NO3S. The molecule has 1 aliphatic rings. The highest BCUT2D eigenvalue weighted by Gasteiger charge is 2.40. The van der Waals surface area contributed by atoms with Crippen molar-refractivity contribution in [1.82, 2.24) is 0 Å². The molecule has 1 aromatic rings. The van der Waals surface area contributed by atoms with Gasteiger partial charge in [0.1, 0.15) is 11.2 Å².